The Morgan fingerprint density at radius 1 is 1.67 bits per heavy atom. The van der Waals surface area contributed by atoms with Gasteiger partial charge in [-0.25, -0.2) is 0 Å². The van der Waals surface area contributed by atoms with Crippen LogP contribution < -0.4 is 5.32 Å². The summed E-state index contributed by atoms with van der Waals surface area (Å²) in [6.45, 7) is 0.693. The smallest absolute Gasteiger partial charge is 0.261 e. The summed E-state index contributed by atoms with van der Waals surface area (Å²) >= 11 is 10.6. The van der Waals surface area contributed by atoms with Crippen molar-refractivity contribution in [2.45, 2.75) is 17.7 Å². The van der Waals surface area contributed by atoms with Gasteiger partial charge >= 0.3 is 0 Å². The van der Waals surface area contributed by atoms with E-state index < -0.39 is 0 Å². The van der Waals surface area contributed by atoms with Gasteiger partial charge in [-0.3, -0.25) is 4.79 Å². The molecule has 15 heavy (non-hydrogen) atoms. The maximum absolute atomic E-state index is 11.6. The highest BCUT2D eigenvalue weighted by Crippen LogP contribution is 2.36. The lowest BCUT2D eigenvalue weighted by atomic mass is 10.3. The highest BCUT2D eigenvalue weighted by molar-refractivity contribution is 9.09. The van der Waals surface area contributed by atoms with E-state index in [1.54, 1.807) is 12.1 Å². The van der Waals surface area contributed by atoms with Gasteiger partial charge in [0.1, 0.15) is 0 Å². The van der Waals surface area contributed by atoms with Crippen LogP contribution in [0.1, 0.15) is 22.5 Å². The minimum absolute atomic E-state index is 0.0306. The third-order valence-electron chi connectivity index (χ3n) is 2.39. The summed E-state index contributed by atoms with van der Waals surface area (Å²) in [5.74, 6) is 0.717. The SMILES string of the molecule is O=C(NCC(Br)C1CC1)c1ccc(Cl)s1. The quantitative estimate of drug-likeness (QED) is 0.850. The Bertz CT molecular complexity index is 364. The third-order valence-corrected chi connectivity index (χ3v) is 4.69. The molecule has 1 aliphatic rings. The Morgan fingerprint density at radius 3 is 2.93 bits per heavy atom. The van der Waals surface area contributed by atoms with Crippen molar-refractivity contribution in [3.8, 4) is 0 Å². The predicted molar refractivity (Wildman–Crippen MR) is 67.1 cm³/mol. The van der Waals surface area contributed by atoms with Gasteiger partial charge in [-0.2, -0.15) is 0 Å². The Labute approximate surface area is 106 Å². The van der Waals surface area contributed by atoms with E-state index in [0.717, 1.165) is 5.92 Å². The number of hydrogen-bond donors (Lipinski definition) is 1. The van der Waals surface area contributed by atoms with E-state index in [0.29, 0.717) is 20.6 Å². The van der Waals surface area contributed by atoms with Gasteiger partial charge in [0.25, 0.3) is 5.91 Å². The fourth-order valence-corrected chi connectivity index (χ4v) is 2.99. The molecule has 2 nitrogen and oxygen atoms in total. The van der Waals surface area contributed by atoms with E-state index in [9.17, 15) is 4.79 Å². The maximum Gasteiger partial charge on any atom is 0.261 e. The van der Waals surface area contributed by atoms with E-state index in [4.69, 9.17) is 11.6 Å². The zero-order valence-electron chi connectivity index (χ0n) is 8.00. The molecular weight excluding hydrogens is 298 g/mol. The Kier molecular flexibility index (Phi) is 3.69. The third kappa shape index (κ3) is 3.20. The molecular formula is C10H11BrClNOS. The molecule has 5 heteroatoms. The van der Waals surface area contributed by atoms with Crippen molar-refractivity contribution >= 4 is 44.8 Å². The van der Waals surface area contributed by atoms with Crippen LogP contribution in [0.5, 0.6) is 0 Å². The summed E-state index contributed by atoms with van der Waals surface area (Å²) < 4.78 is 0.651. The average molecular weight is 309 g/mol. The number of nitrogens with one attached hydrogen (secondary N) is 1. The van der Waals surface area contributed by atoms with Gasteiger partial charge in [0, 0.05) is 11.4 Å². The zero-order chi connectivity index (χ0) is 10.8. The van der Waals surface area contributed by atoms with Crippen LogP contribution in [0.15, 0.2) is 12.1 Å². The van der Waals surface area contributed by atoms with Crippen molar-refractivity contribution < 1.29 is 4.79 Å². The second kappa shape index (κ2) is 4.85. The molecule has 1 amide bonds. The summed E-state index contributed by atoms with van der Waals surface area (Å²) in [7, 11) is 0. The van der Waals surface area contributed by atoms with Crippen LogP contribution in [0.3, 0.4) is 0 Å². The van der Waals surface area contributed by atoms with Crippen molar-refractivity contribution in [3.63, 3.8) is 0 Å². The Balaban J connectivity index is 1.81. The lowest BCUT2D eigenvalue weighted by Gasteiger charge is -2.08. The Hall–Kier alpha value is -0.0600. The number of carbonyl (C=O) groups is 1. The predicted octanol–water partition coefficient (Wildman–Crippen LogP) is 3.30. The lowest BCUT2D eigenvalue weighted by molar-refractivity contribution is 0.0957. The number of thiophene rings is 1. The number of amides is 1. The Morgan fingerprint density at radius 2 is 2.40 bits per heavy atom. The van der Waals surface area contributed by atoms with Crippen LogP contribution in [-0.2, 0) is 0 Å². The monoisotopic (exact) mass is 307 g/mol. The van der Waals surface area contributed by atoms with Gasteiger partial charge in [0.05, 0.1) is 9.21 Å². The highest BCUT2D eigenvalue weighted by Gasteiger charge is 2.29. The summed E-state index contributed by atoms with van der Waals surface area (Å²) in [6.07, 6.45) is 2.55. The van der Waals surface area contributed by atoms with Crippen molar-refractivity contribution in [1.82, 2.24) is 5.32 Å². The summed E-state index contributed by atoms with van der Waals surface area (Å²) in [6, 6.07) is 3.50. The minimum Gasteiger partial charge on any atom is -0.350 e. The maximum atomic E-state index is 11.6. The fraction of sp³-hybridized carbons (Fsp3) is 0.500. The molecule has 1 aromatic rings. The van der Waals surface area contributed by atoms with Crippen molar-refractivity contribution in [1.29, 1.82) is 0 Å². The van der Waals surface area contributed by atoms with Gasteiger partial charge in [-0.1, -0.05) is 27.5 Å². The van der Waals surface area contributed by atoms with Gasteiger partial charge in [0.15, 0.2) is 0 Å². The molecule has 82 valence electrons. The number of alkyl halides is 1. The highest BCUT2D eigenvalue weighted by atomic mass is 79.9. The van der Waals surface area contributed by atoms with E-state index in [-0.39, 0.29) is 5.91 Å². The van der Waals surface area contributed by atoms with Crippen molar-refractivity contribution in [2.24, 2.45) is 5.92 Å². The average Bonchev–Trinajstić information content (AvgIpc) is 2.97. The van der Waals surface area contributed by atoms with Crippen molar-refractivity contribution in [3.05, 3.63) is 21.3 Å². The van der Waals surface area contributed by atoms with E-state index in [1.807, 2.05) is 0 Å². The van der Waals surface area contributed by atoms with Gasteiger partial charge < -0.3 is 5.32 Å². The molecule has 2 rings (SSSR count). The molecule has 1 aromatic heterocycles. The molecule has 0 spiro atoms. The lowest BCUT2D eigenvalue weighted by Crippen LogP contribution is -2.29. The molecule has 0 radical (unpaired) electrons. The first-order chi connectivity index (χ1) is 7.16. The first kappa shape index (κ1) is 11.4. The van der Waals surface area contributed by atoms with E-state index >= 15 is 0 Å². The van der Waals surface area contributed by atoms with Gasteiger partial charge in [-0.15, -0.1) is 11.3 Å². The summed E-state index contributed by atoms with van der Waals surface area (Å²) in [5.41, 5.74) is 0. The first-order valence-electron chi connectivity index (χ1n) is 4.84. The second-order valence-corrected chi connectivity index (χ2v) is 6.56. The molecule has 1 atom stereocenters. The molecule has 0 aliphatic heterocycles. The molecule has 1 saturated carbocycles. The standard InChI is InChI=1S/C10H11BrClNOS/c11-7(6-1-2-6)5-13-10(14)8-3-4-9(12)15-8/h3-4,6-7H,1-2,5H2,(H,13,14). The number of halogens is 2. The minimum atomic E-state index is -0.0306. The topological polar surface area (TPSA) is 29.1 Å². The number of carbonyl (C=O) groups excluding carboxylic acids is 1. The molecule has 1 aliphatic carbocycles. The van der Waals surface area contributed by atoms with Crippen LogP contribution in [0.25, 0.3) is 0 Å². The second-order valence-electron chi connectivity index (χ2n) is 3.67. The molecule has 0 bridgehead atoms. The van der Waals surface area contributed by atoms with Crippen LogP contribution in [-0.4, -0.2) is 17.3 Å². The van der Waals surface area contributed by atoms with Crippen LogP contribution in [0.4, 0.5) is 0 Å². The van der Waals surface area contributed by atoms with E-state index in [2.05, 4.69) is 21.2 Å². The number of hydrogen-bond acceptors (Lipinski definition) is 2. The summed E-state index contributed by atoms with van der Waals surface area (Å²) in [5, 5.41) is 2.90. The molecule has 1 unspecified atom stereocenters. The van der Waals surface area contributed by atoms with Crippen LogP contribution in [0.2, 0.25) is 4.34 Å². The largest absolute Gasteiger partial charge is 0.350 e. The van der Waals surface area contributed by atoms with Gasteiger partial charge in [0.2, 0.25) is 0 Å². The van der Waals surface area contributed by atoms with E-state index in [1.165, 1.54) is 24.2 Å². The van der Waals surface area contributed by atoms with Crippen LogP contribution in [0, 0.1) is 5.92 Å². The molecule has 1 heterocycles. The summed E-state index contributed by atoms with van der Waals surface area (Å²) in [4.78, 5) is 12.7. The molecule has 1 N–H and O–H groups in total. The first-order valence-corrected chi connectivity index (χ1v) is 6.95. The van der Waals surface area contributed by atoms with Crippen molar-refractivity contribution in [2.75, 3.05) is 6.54 Å². The molecule has 0 aromatic carbocycles. The fourth-order valence-electron chi connectivity index (χ4n) is 1.34. The normalized spacial score (nSPS) is 17.5. The zero-order valence-corrected chi connectivity index (χ0v) is 11.2. The number of rotatable bonds is 4. The van der Waals surface area contributed by atoms with Gasteiger partial charge in [-0.05, 0) is 30.9 Å². The molecule has 0 saturated heterocycles. The molecule has 1 fully saturated rings. The van der Waals surface area contributed by atoms with Crippen LogP contribution >= 0.6 is 38.9 Å².